The molecule has 3 N–H and O–H groups in total. The van der Waals surface area contributed by atoms with E-state index < -0.39 is 10.0 Å². The van der Waals surface area contributed by atoms with Crippen molar-refractivity contribution < 1.29 is 18.3 Å². The molecule has 3 heterocycles. The molecule has 188 valence electrons. The summed E-state index contributed by atoms with van der Waals surface area (Å²) in [6.45, 7) is 4.26. The molecule has 4 rings (SSSR count). The highest BCUT2D eigenvalue weighted by Gasteiger charge is 2.32. The number of carbonyl (C=O) groups is 1. The van der Waals surface area contributed by atoms with Gasteiger partial charge in [0.2, 0.25) is 10.0 Å². The Hall–Kier alpha value is -2.89. The summed E-state index contributed by atoms with van der Waals surface area (Å²) in [6.07, 6.45) is 5.37. The normalized spacial score (nSPS) is 17.4. The number of hydrogen-bond donors (Lipinski definition) is 3. The molecule has 1 amide bonds. The predicted octanol–water partition coefficient (Wildman–Crippen LogP) is 3.22. The summed E-state index contributed by atoms with van der Waals surface area (Å²) in [5.74, 6) is 0.348. The number of carbonyl (C=O) groups excluding carboxylic acids is 1. The molecule has 2 unspecified atom stereocenters. The van der Waals surface area contributed by atoms with E-state index in [-0.39, 0.29) is 35.8 Å². The van der Waals surface area contributed by atoms with Crippen molar-refractivity contribution in [2.24, 2.45) is 0 Å². The van der Waals surface area contributed by atoms with E-state index in [4.69, 9.17) is 16.7 Å². The largest absolute Gasteiger partial charge is 0.394 e. The monoisotopic (exact) mass is 520 g/mol. The molecule has 1 aromatic carbocycles. The van der Waals surface area contributed by atoms with E-state index in [1.165, 1.54) is 12.1 Å². The Bertz CT molecular complexity index is 1360. The third kappa shape index (κ3) is 5.68. The van der Waals surface area contributed by atoms with Gasteiger partial charge in [-0.1, -0.05) is 11.6 Å². The van der Waals surface area contributed by atoms with Gasteiger partial charge < -0.3 is 15.3 Å². The standard InChI is InChI=1S/C23H29ClN6O4S/c1-14-12-30-21(26-22(14)25-15(2)13-31)11-19(27-30)20-6-4-5-9-29(20)23(32)17-10-16(24)7-8-18(17)28-35(3,33)34/h7-8,10-12,15,20,28,31H,4-6,9,13H2,1-3H3,(H,25,26). The number of hydrogen-bond acceptors (Lipinski definition) is 7. The van der Waals surface area contributed by atoms with Crippen molar-refractivity contribution in [3.63, 3.8) is 0 Å². The molecule has 0 spiro atoms. The molecule has 3 aromatic rings. The van der Waals surface area contributed by atoms with Gasteiger partial charge in [0, 0.05) is 35.4 Å². The van der Waals surface area contributed by atoms with Crippen LogP contribution in [0.25, 0.3) is 5.65 Å². The first kappa shape index (κ1) is 25.2. The first-order chi connectivity index (χ1) is 16.6. The van der Waals surface area contributed by atoms with Crippen molar-refractivity contribution in [2.75, 3.05) is 29.4 Å². The fourth-order valence-electron chi connectivity index (χ4n) is 4.24. The average molecular weight is 521 g/mol. The minimum atomic E-state index is -3.59. The number of aromatic nitrogens is 3. The number of aliphatic hydroxyl groups excluding tert-OH is 1. The van der Waals surface area contributed by atoms with E-state index in [9.17, 15) is 18.3 Å². The van der Waals surface area contributed by atoms with E-state index in [0.717, 1.165) is 31.1 Å². The van der Waals surface area contributed by atoms with Gasteiger partial charge in [0.15, 0.2) is 5.65 Å². The quantitative estimate of drug-likeness (QED) is 0.436. The van der Waals surface area contributed by atoms with Gasteiger partial charge in [-0.15, -0.1) is 0 Å². The maximum atomic E-state index is 13.7. The number of aliphatic hydroxyl groups is 1. The number of nitrogens with one attached hydrogen (secondary N) is 2. The van der Waals surface area contributed by atoms with Crippen LogP contribution in [0.1, 0.15) is 53.8 Å². The number of sulfonamides is 1. The van der Waals surface area contributed by atoms with Crippen LogP contribution in [0.5, 0.6) is 0 Å². The number of fused-ring (bicyclic) bond motifs is 1. The summed E-state index contributed by atoms with van der Waals surface area (Å²) in [4.78, 5) is 20.0. The maximum Gasteiger partial charge on any atom is 0.256 e. The third-order valence-electron chi connectivity index (χ3n) is 5.92. The van der Waals surface area contributed by atoms with Crippen molar-refractivity contribution in [3.05, 3.63) is 52.3 Å². The summed E-state index contributed by atoms with van der Waals surface area (Å²) in [7, 11) is -3.59. The molecule has 35 heavy (non-hydrogen) atoms. The number of piperidine rings is 1. The number of halogens is 1. The van der Waals surface area contributed by atoms with Crippen LogP contribution >= 0.6 is 11.6 Å². The molecule has 0 radical (unpaired) electrons. The molecule has 12 heteroatoms. The zero-order chi connectivity index (χ0) is 25.3. The average Bonchev–Trinajstić information content (AvgIpc) is 3.21. The number of nitrogens with zero attached hydrogens (tertiary/aromatic N) is 4. The number of likely N-dealkylation sites (tertiary alicyclic amines) is 1. The molecular formula is C23H29ClN6O4S. The van der Waals surface area contributed by atoms with E-state index in [0.29, 0.717) is 28.7 Å². The molecule has 1 saturated heterocycles. The van der Waals surface area contributed by atoms with E-state index >= 15 is 0 Å². The highest BCUT2D eigenvalue weighted by molar-refractivity contribution is 7.92. The van der Waals surface area contributed by atoms with E-state index in [2.05, 4.69) is 15.0 Å². The Balaban J connectivity index is 1.69. The predicted molar refractivity (Wildman–Crippen MR) is 135 cm³/mol. The van der Waals surface area contributed by atoms with E-state index in [1.807, 2.05) is 26.1 Å². The van der Waals surface area contributed by atoms with Crippen LogP contribution in [0.4, 0.5) is 11.5 Å². The molecule has 2 aromatic heterocycles. The zero-order valence-electron chi connectivity index (χ0n) is 19.8. The van der Waals surface area contributed by atoms with Crippen LogP contribution in [-0.2, 0) is 10.0 Å². The molecule has 2 atom stereocenters. The third-order valence-corrected chi connectivity index (χ3v) is 6.75. The second-order valence-electron chi connectivity index (χ2n) is 8.95. The van der Waals surface area contributed by atoms with Crippen molar-refractivity contribution in [1.29, 1.82) is 0 Å². The van der Waals surface area contributed by atoms with Crippen LogP contribution in [0, 0.1) is 6.92 Å². The van der Waals surface area contributed by atoms with Crippen LogP contribution in [0.15, 0.2) is 30.5 Å². The van der Waals surface area contributed by atoms with Gasteiger partial charge in [-0.3, -0.25) is 9.52 Å². The van der Waals surface area contributed by atoms with Gasteiger partial charge in [0.25, 0.3) is 5.91 Å². The topological polar surface area (TPSA) is 129 Å². The minimum Gasteiger partial charge on any atom is -0.394 e. The molecule has 0 aliphatic carbocycles. The van der Waals surface area contributed by atoms with Gasteiger partial charge in [0.1, 0.15) is 5.82 Å². The van der Waals surface area contributed by atoms with E-state index in [1.54, 1.807) is 15.5 Å². The number of benzene rings is 1. The second-order valence-corrected chi connectivity index (χ2v) is 11.1. The minimum absolute atomic E-state index is 0.0182. The highest BCUT2D eigenvalue weighted by Crippen LogP contribution is 2.34. The molecule has 10 nitrogen and oxygen atoms in total. The van der Waals surface area contributed by atoms with Crippen molar-refractivity contribution >= 4 is 44.7 Å². The number of aryl methyl sites for hydroxylation is 1. The van der Waals surface area contributed by atoms with Crippen molar-refractivity contribution in [1.82, 2.24) is 19.5 Å². The summed E-state index contributed by atoms with van der Waals surface area (Å²) >= 11 is 6.16. The van der Waals surface area contributed by atoms with Crippen LogP contribution < -0.4 is 10.0 Å². The molecular weight excluding hydrogens is 492 g/mol. The van der Waals surface area contributed by atoms with Crippen molar-refractivity contribution in [2.45, 2.75) is 45.2 Å². The molecule has 1 aliphatic heterocycles. The SMILES string of the molecule is Cc1cn2nc(C3CCCCN3C(=O)c3cc(Cl)ccc3NS(C)(=O)=O)cc2nc1NC(C)CO. The second kappa shape index (κ2) is 10.00. The van der Waals surface area contributed by atoms with Gasteiger partial charge in [-0.2, -0.15) is 5.10 Å². The lowest BCUT2D eigenvalue weighted by Gasteiger charge is -2.35. The lowest BCUT2D eigenvalue weighted by Crippen LogP contribution is -2.39. The summed E-state index contributed by atoms with van der Waals surface area (Å²) < 4.78 is 27.8. The Morgan fingerprint density at radius 1 is 1.31 bits per heavy atom. The summed E-state index contributed by atoms with van der Waals surface area (Å²) in [6, 6.07) is 5.94. The highest BCUT2D eigenvalue weighted by atomic mass is 35.5. The lowest BCUT2D eigenvalue weighted by molar-refractivity contribution is 0.0607. The molecule has 1 fully saturated rings. The fourth-order valence-corrected chi connectivity index (χ4v) is 4.99. The molecule has 0 bridgehead atoms. The maximum absolute atomic E-state index is 13.7. The lowest BCUT2D eigenvalue weighted by atomic mass is 9.98. The Labute approximate surface area is 209 Å². The Morgan fingerprint density at radius 2 is 2.09 bits per heavy atom. The first-order valence-corrected chi connectivity index (χ1v) is 13.7. The van der Waals surface area contributed by atoms with Crippen LogP contribution in [0.2, 0.25) is 5.02 Å². The van der Waals surface area contributed by atoms with Gasteiger partial charge in [-0.05, 0) is 51.3 Å². The fraction of sp³-hybridized carbons (Fsp3) is 0.435. The van der Waals surface area contributed by atoms with Crippen molar-refractivity contribution in [3.8, 4) is 0 Å². The zero-order valence-corrected chi connectivity index (χ0v) is 21.4. The van der Waals surface area contributed by atoms with Crippen LogP contribution in [-0.4, -0.2) is 64.4 Å². The number of rotatable bonds is 7. The van der Waals surface area contributed by atoms with Gasteiger partial charge >= 0.3 is 0 Å². The Morgan fingerprint density at radius 3 is 2.80 bits per heavy atom. The number of amides is 1. The van der Waals surface area contributed by atoms with Crippen LogP contribution in [0.3, 0.4) is 0 Å². The first-order valence-electron chi connectivity index (χ1n) is 11.4. The summed E-state index contributed by atoms with van der Waals surface area (Å²) in [5, 5.41) is 17.6. The summed E-state index contributed by atoms with van der Waals surface area (Å²) in [5.41, 5.74) is 2.58. The number of anilines is 2. The molecule has 0 saturated carbocycles. The van der Waals surface area contributed by atoms with Gasteiger partial charge in [0.05, 0.1) is 35.8 Å². The molecule has 1 aliphatic rings. The smallest absolute Gasteiger partial charge is 0.256 e. The Kier molecular flexibility index (Phi) is 7.20. The van der Waals surface area contributed by atoms with Gasteiger partial charge in [-0.25, -0.2) is 17.9 Å².